The first-order chi connectivity index (χ1) is 11.5. The number of carbonyl (C=O) groups is 1. The van der Waals surface area contributed by atoms with Gasteiger partial charge in [0, 0.05) is 22.6 Å². The molecule has 0 bridgehead atoms. The Labute approximate surface area is 147 Å². The third-order valence-electron chi connectivity index (χ3n) is 3.63. The molecule has 8 heteroatoms. The molecule has 0 fully saturated rings. The molecule has 0 aliphatic carbocycles. The molecule has 0 unspecified atom stereocenters. The van der Waals surface area contributed by atoms with Crippen LogP contribution in [0.2, 0.25) is 5.02 Å². The lowest BCUT2D eigenvalue weighted by Crippen LogP contribution is -2.06. The number of carbonyl (C=O) groups excluding carboxylic acids is 1. The van der Waals surface area contributed by atoms with Gasteiger partial charge in [0.25, 0.3) is 0 Å². The van der Waals surface area contributed by atoms with Gasteiger partial charge in [-0.25, -0.2) is 9.37 Å². The zero-order valence-corrected chi connectivity index (χ0v) is 14.6. The Bertz CT molecular complexity index is 892. The number of thioether (sulfide) groups is 1. The van der Waals surface area contributed by atoms with E-state index in [1.54, 1.807) is 12.1 Å². The van der Waals surface area contributed by atoms with Crippen LogP contribution in [0.5, 0.6) is 0 Å². The summed E-state index contributed by atoms with van der Waals surface area (Å²) in [4.78, 5) is 16.5. The average molecular weight is 365 g/mol. The standard InChI is InChI=1S/C16H14ClFN4OS/c1-9-5-12(15(23)7-24-16-19-8-20-21-16)10(2)22(9)11-3-4-14(18)13(17)6-11/h3-6,8H,7H2,1-2H3,(H,19,20,21). The van der Waals surface area contributed by atoms with Crippen molar-refractivity contribution < 1.29 is 9.18 Å². The highest BCUT2D eigenvalue weighted by atomic mass is 35.5. The lowest BCUT2D eigenvalue weighted by atomic mass is 10.2. The highest BCUT2D eigenvalue weighted by Crippen LogP contribution is 2.25. The zero-order valence-electron chi connectivity index (χ0n) is 13.0. The van der Waals surface area contributed by atoms with Crippen LogP contribution in [0.3, 0.4) is 0 Å². The number of H-pyrrole nitrogens is 1. The first-order valence-corrected chi connectivity index (χ1v) is 8.49. The Morgan fingerprint density at radius 3 is 2.83 bits per heavy atom. The summed E-state index contributed by atoms with van der Waals surface area (Å²) >= 11 is 7.17. The number of aryl methyl sites for hydroxylation is 1. The van der Waals surface area contributed by atoms with Crippen LogP contribution in [-0.2, 0) is 0 Å². The molecule has 2 heterocycles. The SMILES string of the molecule is Cc1cc(C(=O)CSc2ncn[nH]2)c(C)n1-c1ccc(F)c(Cl)c1. The van der Waals surface area contributed by atoms with E-state index in [9.17, 15) is 9.18 Å². The number of hydrogen-bond donors (Lipinski definition) is 1. The van der Waals surface area contributed by atoms with Crippen LogP contribution in [-0.4, -0.2) is 31.3 Å². The third-order valence-corrected chi connectivity index (χ3v) is 4.79. The quantitative estimate of drug-likeness (QED) is 0.549. The zero-order chi connectivity index (χ0) is 17.3. The fourth-order valence-corrected chi connectivity index (χ4v) is 3.38. The Balaban J connectivity index is 1.88. The second-order valence-electron chi connectivity index (χ2n) is 5.22. The van der Waals surface area contributed by atoms with Crippen molar-refractivity contribution in [3.63, 3.8) is 0 Å². The highest BCUT2D eigenvalue weighted by Gasteiger charge is 2.18. The summed E-state index contributed by atoms with van der Waals surface area (Å²) < 4.78 is 15.3. The Morgan fingerprint density at radius 2 is 2.17 bits per heavy atom. The van der Waals surface area contributed by atoms with Crippen molar-refractivity contribution in [1.29, 1.82) is 0 Å². The van der Waals surface area contributed by atoms with Crippen LogP contribution in [0, 0.1) is 19.7 Å². The van der Waals surface area contributed by atoms with Crippen molar-refractivity contribution >= 4 is 29.1 Å². The van der Waals surface area contributed by atoms with Gasteiger partial charge in [0.15, 0.2) is 10.9 Å². The van der Waals surface area contributed by atoms with Gasteiger partial charge < -0.3 is 4.57 Å². The first-order valence-electron chi connectivity index (χ1n) is 7.13. The van der Waals surface area contributed by atoms with Crippen LogP contribution in [0.1, 0.15) is 21.7 Å². The second-order valence-corrected chi connectivity index (χ2v) is 6.59. The average Bonchev–Trinajstić information content (AvgIpc) is 3.16. The molecule has 2 aromatic heterocycles. The predicted molar refractivity (Wildman–Crippen MR) is 91.6 cm³/mol. The molecular formula is C16H14ClFN4OS. The summed E-state index contributed by atoms with van der Waals surface area (Å²) in [5.41, 5.74) is 3.01. The molecule has 5 nitrogen and oxygen atoms in total. The maximum absolute atomic E-state index is 13.4. The summed E-state index contributed by atoms with van der Waals surface area (Å²) in [5, 5.41) is 7.10. The van der Waals surface area contributed by atoms with Gasteiger partial charge in [-0.3, -0.25) is 9.89 Å². The minimum absolute atomic E-state index is 0.0102. The van der Waals surface area contributed by atoms with Gasteiger partial charge >= 0.3 is 0 Å². The predicted octanol–water partition coefficient (Wildman–Crippen LogP) is 3.98. The fraction of sp³-hybridized carbons (Fsp3) is 0.188. The largest absolute Gasteiger partial charge is 0.318 e. The normalized spacial score (nSPS) is 11.0. The number of halogens is 2. The number of Topliss-reactive ketones (excluding diaryl/α,β-unsaturated/α-hetero) is 1. The van der Waals surface area contributed by atoms with Crippen molar-refractivity contribution in [2.75, 3.05) is 5.75 Å². The number of nitrogens with zero attached hydrogens (tertiary/aromatic N) is 3. The summed E-state index contributed by atoms with van der Waals surface area (Å²) in [6.45, 7) is 3.75. The van der Waals surface area contributed by atoms with Gasteiger partial charge in [-0.05, 0) is 38.1 Å². The van der Waals surface area contributed by atoms with E-state index in [2.05, 4.69) is 15.2 Å². The summed E-state index contributed by atoms with van der Waals surface area (Å²) in [7, 11) is 0. The second kappa shape index (κ2) is 6.78. The maximum Gasteiger partial charge on any atom is 0.183 e. The maximum atomic E-state index is 13.4. The van der Waals surface area contributed by atoms with E-state index in [1.807, 2.05) is 24.5 Å². The molecule has 0 aliphatic heterocycles. The smallest absolute Gasteiger partial charge is 0.183 e. The lowest BCUT2D eigenvalue weighted by molar-refractivity contribution is 0.102. The molecule has 24 heavy (non-hydrogen) atoms. The molecule has 3 aromatic rings. The highest BCUT2D eigenvalue weighted by molar-refractivity contribution is 7.99. The van der Waals surface area contributed by atoms with E-state index < -0.39 is 5.82 Å². The number of hydrogen-bond acceptors (Lipinski definition) is 4. The molecule has 1 N–H and O–H groups in total. The third kappa shape index (κ3) is 3.22. The minimum Gasteiger partial charge on any atom is -0.318 e. The molecule has 124 valence electrons. The molecule has 0 saturated carbocycles. The summed E-state index contributed by atoms with van der Waals surface area (Å²) in [6.07, 6.45) is 1.40. The van der Waals surface area contributed by atoms with Crippen molar-refractivity contribution in [2.24, 2.45) is 0 Å². The summed E-state index contributed by atoms with van der Waals surface area (Å²) in [6, 6.07) is 6.33. The van der Waals surface area contributed by atoms with E-state index in [-0.39, 0.29) is 16.6 Å². The number of nitrogens with one attached hydrogen (secondary N) is 1. The fourth-order valence-electron chi connectivity index (χ4n) is 2.54. The monoisotopic (exact) mass is 364 g/mol. The molecule has 0 aliphatic rings. The number of aromatic amines is 1. The molecule has 0 atom stereocenters. The number of ketones is 1. The number of rotatable bonds is 5. The van der Waals surface area contributed by atoms with Crippen LogP contribution < -0.4 is 0 Å². The van der Waals surface area contributed by atoms with Crippen LogP contribution in [0.25, 0.3) is 5.69 Å². The van der Waals surface area contributed by atoms with Crippen LogP contribution in [0.15, 0.2) is 35.7 Å². The van der Waals surface area contributed by atoms with Gasteiger partial charge in [0.1, 0.15) is 12.1 Å². The van der Waals surface area contributed by atoms with E-state index in [0.717, 1.165) is 17.1 Å². The van der Waals surface area contributed by atoms with Crippen molar-refractivity contribution in [3.8, 4) is 5.69 Å². The molecule has 1 aromatic carbocycles. The minimum atomic E-state index is -0.470. The van der Waals surface area contributed by atoms with Crippen LogP contribution >= 0.6 is 23.4 Å². The van der Waals surface area contributed by atoms with E-state index in [1.165, 1.54) is 24.2 Å². The van der Waals surface area contributed by atoms with E-state index >= 15 is 0 Å². The van der Waals surface area contributed by atoms with Crippen molar-refractivity contribution in [3.05, 3.63) is 58.4 Å². The van der Waals surface area contributed by atoms with Crippen LogP contribution in [0.4, 0.5) is 4.39 Å². The molecule has 0 saturated heterocycles. The Hall–Kier alpha value is -2.12. The van der Waals surface area contributed by atoms with E-state index in [0.29, 0.717) is 10.7 Å². The Kier molecular flexibility index (Phi) is 4.73. The van der Waals surface area contributed by atoms with Crippen molar-refractivity contribution in [2.45, 2.75) is 19.0 Å². The van der Waals surface area contributed by atoms with Crippen molar-refractivity contribution in [1.82, 2.24) is 19.7 Å². The molecule has 0 amide bonds. The molecule has 0 radical (unpaired) electrons. The number of benzene rings is 1. The van der Waals surface area contributed by atoms with Gasteiger partial charge in [-0.1, -0.05) is 23.4 Å². The van der Waals surface area contributed by atoms with E-state index in [4.69, 9.17) is 11.6 Å². The Morgan fingerprint density at radius 1 is 1.38 bits per heavy atom. The molecular weight excluding hydrogens is 351 g/mol. The first kappa shape index (κ1) is 16.7. The van der Waals surface area contributed by atoms with Gasteiger partial charge in [-0.2, -0.15) is 5.10 Å². The number of aromatic nitrogens is 4. The van der Waals surface area contributed by atoms with Gasteiger partial charge in [-0.15, -0.1) is 0 Å². The van der Waals surface area contributed by atoms with Gasteiger partial charge in [0.2, 0.25) is 0 Å². The summed E-state index contributed by atoms with van der Waals surface area (Å²) in [5.74, 6) is -0.226. The molecule has 3 rings (SSSR count). The topological polar surface area (TPSA) is 63.6 Å². The molecule has 0 spiro atoms. The lowest BCUT2D eigenvalue weighted by Gasteiger charge is -2.10. The van der Waals surface area contributed by atoms with Gasteiger partial charge in [0.05, 0.1) is 10.8 Å².